The van der Waals surface area contributed by atoms with Gasteiger partial charge in [-0.1, -0.05) is 44.4 Å². The largest absolute Gasteiger partial charge is 0.369 e. The van der Waals surface area contributed by atoms with E-state index in [1.807, 2.05) is 0 Å². The lowest BCUT2D eigenvalue weighted by Gasteiger charge is -2.42. The smallest absolute Gasteiger partial charge is 0.229 e. The molecule has 2 aromatic carbocycles. The van der Waals surface area contributed by atoms with Crippen LogP contribution in [0.15, 0.2) is 36.4 Å². The Hall–Kier alpha value is -2.45. The molecule has 1 aliphatic heterocycles. The van der Waals surface area contributed by atoms with Crippen LogP contribution in [0.25, 0.3) is 0 Å². The van der Waals surface area contributed by atoms with Gasteiger partial charge >= 0.3 is 0 Å². The molecule has 2 aromatic rings. The molecule has 2 fully saturated rings. The van der Waals surface area contributed by atoms with Crippen LogP contribution in [-0.4, -0.2) is 57.6 Å². The van der Waals surface area contributed by atoms with Gasteiger partial charge in [-0.3, -0.25) is 14.4 Å². The fourth-order valence-electron chi connectivity index (χ4n) is 5.70. The number of aryl methyl sites for hydroxylation is 2. The summed E-state index contributed by atoms with van der Waals surface area (Å²) in [7, 11) is -3.58. The van der Waals surface area contributed by atoms with Crippen LogP contribution >= 0.6 is 0 Å². The van der Waals surface area contributed by atoms with Gasteiger partial charge in [0, 0.05) is 50.2 Å². The Bertz CT molecular complexity index is 1200. The molecule has 0 amide bonds. The van der Waals surface area contributed by atoms with Gasteiger partial charge in [0.05, 0.1) is 11.9 Å². The van der Waals surface area contributed by atoms with Crippen molar-refractivity contribution in [2.45, 2.75) is 70.8 Å². The number of benzene rings is 2. The molecule has 202 valence electrons. The Morgan fingerprint density at radius 2 is 1.76 bits per heavy atom. The van der Waals surface area contributed by atoms with E-state index in [2.05, 4.69) is 39.6 Å². The number of carbonyl (C=O) groups is 1. The third-order valence-corrected chi connectivity index (χ3v) is 8.49. The maximum atomic E-state index is 14.5. The lowest BCUT2D eigenvalue weighted by Crippen LogP contribution is -2.51. The van der Waals surface area contributed by atoms with E-state index < -0.39 is 21.8 Å². The first-order valence-corrected chi connectivity index (χ1v) is 15.4. The molecule has 6 nitrogen and oxygen atoms in total. The van der Waals surface area contributed by atoms with Crippen molar-refractivity contribution in [3.8, 4) is 0 Å². The monoisotopic (exact) mass is 529 g/mol. The average Bonchev–Trinajstić information content (AvgIpc) is 2.88. The number of ketones is 1. The Labute approximate surface area is 221 Å². The Morgan fingerprint density at radius 1 is 1.05 bits per heavy atom. The molecular weight excluding hydrogens is 489 g/mol. The molecule has 0 bridgehead atoms. The second kappa shape index (κ2) is 11.9. The van der Waals surface area contributed by atoms with Gasteiger partial charge in [0.1, 0.15) is 11.6 Å². The third kappa shape index (κ3) is 7.32. The van der Waals surface area contributed by atoms with Crippen LogP contribution in [0.4, 0.5) is 15.8 Å². The van der Waals surface area contributed by atoms with Crippen molar-refractivity contribution in [2.75, 3.05) is 42.1 Å². The lowest BCUT2D eigenvalue weighted by molar-refractivity contribution is -0.120. The highest BCUT2D eigenvalue weighted by Crippen LogP contribution is 2.29. The van der Waals surface area contributed by atoms with Gasteiger partial charge in [-0.05, 0) is 61.1 Å². The molecule has 1 saturated carbocycles. The summed E-state index contributed by atoms with van der Waals surface area (Å²) < 4.78 is 39.4. The fourth-order valence-corrected chi connectivity index (χ4v) is 6.26. The van der Waals surface area contributed by atoms with Gasteiger partial charge in [0.2, 0.25) is 10.0 Å². The van der Waals surface area contributed by atoms with Crippen LogP contribution in [0.1, 0.15) is 68.1 Å². The Kier molecular flexibility index (Phi) is 8.90. The number of sulfonamides is 1. The highest BCUT2D eigenvalue weighted by molar-refractivity contribution is 7.92. The van der Waals surface area contributed by atoms with Gasteiger partial charge < -0.3 is 4.90 Å². The van der Waals surface area contributed by atoms with Crippen molar-refractivity contribution in [1.29, 1.82) is 0 Å². The molecular formula is C29H40FN3O3S. The van der Waals surface area contributed by atoms with Gasteiger partial charge in [0.25, 0.3) is 0 Å². The van der Waals surface area contributed by atoms with Crippen LogP contribution in [0, 0.1) is 12.7 Å². The zero-order chi connectivity index (χ0) is 26.6. The maximum Gasteiger partial charge on any atom is 0.229 e. The average molecular weight is 530 g/mol. The summed E-state index contributed by atoms with van der Waals surface area (Å²) in [6, 6.07) is 11.5. The molecule has 1 unspecified atom stereocenters. The van der Waals surface area contributed by atoms with E-state index >= 15 is 0 Å². The van der Waals surface area contributed by atoms with E-state index in [9.17, 15) is 17.6 Å². The van der Waals surface area contributed by atoms with Gasteiger partial charge in [0.15, 0.2) is 0 Å². The summed E-state index contributed by atoms with van der Waals surface area (Å²) in [5.41, 5.74) is 4.05. The number of rotatable bonds is 9. The molecule has 0 aromatic heterocycles. The molecule has 1 heterocycles. The molecule has 0 spiro atoms. The van der Waals surface area contributed by atoms with E-state index in [1.54, 1.807) is 13.0 Å². The van der Waals surface area contributed by atoms with E-state index in [0.717, 1.165) is 38.5 Å². The molecule has 0 radical (unpaired) electrons. The number of nitrogens with zero attached hydrogens (tertiary/aromatic N) is 2. The quantitative estimate of drug-likeness (QED) is 0.480. The SMILES string of the molecule is Cc1ccc(CCC(=O)C(C)c2ccc(NS(C)(=O)=O)c(F)c2)c(N2CCN(C3CCCCC3)CC2)c1. The number of halogens is 1. The van der Waals surface area contributed by atoms with Crippen molar-refractivity contribution in [1.82, 2.24) is 4.90 Å². The Morgan fingerprint density at radius 3 is 2.41 bits per heavy atom. The predicted octanol–water partition coefficient (Wildman–Crippen LogP) is 5.27. The van der Waals surface area contributed by atoms with Gasteiger partial charge in [-0.25, -0.2) is 12.8 Å². The minimum Gasteiger partial charge on any atom is -0.369 e. The summed E-state index contributed by atoms with van der Waals surface area (Å²) in [6.07, 6.45) is 8.72. The normalized spacial score (nSPS) is 18.5. The topological polar surface area (TPSA) is 69.7 Å². The van der Waals surface area contributed by atoms with E-state index in [4.69, 9.17) is 0 Å². The second-order valence-electron chi connectivity index (χ2n) is 10.7. The molecule has 1 N–H and O–H groups in total. The summed E-state index contributed by atoms with van der Waals surface area (Å²) in [4.78, 5) is 18.2. The van der Waals surface area contributed by atoms with Crippen molar-refractivity contribution in [2.24, 2.45) is 0 Å². The third-order valence-electron chi connectivity index (χ3n) is 7.90. The number of piperazine rings is 1. The molecule has 1 saturated heterocycles. The number of anilines is 2. The van der Waals surface area contributed by atoms with Crippen molar-refractivity contribution < 1.29 is 17.6 Å². The number of nitrogens with one attached hydrogen (secondary N) is 1. The summed E-state index contributed by atoms with van der Waals surface area (Å²) in [5.74, 6) is -1.12. The lowest BCUT2D eigenvalue weighted by atomic mass is 9.92. The van der Waals surface area contributed by atoms with Crippen LogP contribution in [0.2, 0.25) is 0 Å². The Balaban J connectivity index is 1.38. The maximum absolute atomic E-state index is 14.5. The number of hydrogen-bond donors (Lipinski definition) is 1. The molecule has 37 heavy (non-hydrogen) atoms. The van der Waals surface area contributed by atoms with Gasteiger partial charge in [-0.2, -0.15) is 0 Å². The van der Waals surface area contributed by atoms with E-state index in [1.165, 1.54) is 61.1 Å². The van der Waals surface area contributed by atoms with Crippen molar-refractivity contribution >= 4 is 27.2 Å². The highest BCUT2D eigenvalue weighted by Gasteiger charge is 2.26. The molecule has 8 heteroatoms. The summed E-state index contributed by atoms with van der Waals surface area (Å²) in [6.45, 7) is 8.07. The standard InChI is InChI=1S/C29H40FN3O3S/c1-21-9-10-23(28(19-21)33-17-15-32(16-18-33)25-7-5-4-6-8-25)12-14-29(34)22(2)24-11-13-27(26(30)20-24)31-37(3,35)36/h9-11,13,19-20,22,25,31H,4-8,12,14-18H2,1-3H3. The van der Waals surface area contributed by atoms with Crippen LogP contribution in [0.5, 0.6) is 0 Å². The molecule has 1 aliphatic carbocycles. The zero-order valence-electron chi connectivity index (χ0n) is 22.3. The summed E-state index contributed by atoms with van der Waals surface area (Å²) >= 11 is 0. The predicted molar refractivity (Wildman–Crippen MR) is 148 cm³/mol. The van der Waals surface area contributed by atoms with E-state index in [-0.39, 0.29) is 11.5 Å². The van der Waals surface area contributed by atoms with E-state index in [0.29, 0.717) is 18.4 Å². The van der Waals surface area contributed by atoms with Gasteiger partial charge in [-0.15, -0.1) is 0 Å². The first-order chi connectivity index (χ1) is 17.6. The van der Waals surface area contributed by atoms with Crippen LogP contribution in [0.3, 0.4) is 0 Å². The number of hydrogen-bond acceptors (Lipinski definition) is 5. The van der Waals surface area contributed by atoms with Crippen molar-refractivity contribution in [3.63, 3.8) is 0 Å². The molecule has 4 rings (SSSR count). The molecule has 1 atom stereocenters. The first kappa shape index (κ1) is 27.6. The minimum absolute atomic E-state index is 0.0388. The second-order valence-corrected chi connectivity index (χ2v) is 12.5. The highest BCUT2D eigenvalue weighted by atomic mass is 32.2. The van der Waals surface area contributed by atoms with Crippen LogP contribution in [-0.2, 0) is 21.2 Å². The zero-order valence-corrected chi connectivity index (χ0v) is 23.1. The minimum atomic E-state index is -3.58. The summed E-state index contributed by atoms with van der Waals surface area (Å²) in [5, 5.41) is 0. The number of carbonyl (C=O) groups excluding carboxylic acids is 1. The molecule has 2 aliphatic rings. The first-order valence-electron chi connectivity index (χ1n) is 13.5. The fraction of sp³-hybridized carbons (Fsp3) is 0.552. The number of Topliss-reactive ketones (excluding diaryl/α,β-unsaturated/α-hetero) is 1. The van der Waals surface area contributed by atoms with Crippen molar-refractivity contribution in [3.05, 3.63) is 58.9 Å². The van der Waals surface area contributed by atoms with Crippen LogP contribution < -0.4 is 9.62 Å².